The molecular formula is C22H17N3O7. The van der Waals surface area contributed by atoms with E-state index in [9.17, 15) is 9.59 Å². The van der Waals surface area contributed by atoms with E-state index in [1.807, 2.05) is 24.3 Å². The SMILES string of the molecule is C#Cc1cncc(-c2ccc3c(c2)C2(COC(NC(=O)OC(=O)O)=N2)C2(COC2)CO3)c1. The third-order valence-electron chi connectivity index (χ3n) is 5.90. The average molecular weight is 435 g/mol. The Morgan fingerprint density at radius 2 is 1.97 bits per heavy atom. The van der Waals surface area contributed by atoms with Crippen LogP contribution in [0.25, 0.3) is 11.1 Å². The fourth-order valence-corrected chi connectivity index (χ4v) is 4.20. The molecule has 0 radical (unpaired) electrons. The molecule has 4 heterocycles. The number of hydrogen-bond acceptors (Lipinski definition) is 8. The molecule has 1 saturated heterocycles. The van der Waals surface area contributed by atoms with Crippen LogP contribution in [0.2, 0.25) is 0 Å². The lowest BCUT2D eigenvalue weighted by atomic mass is 9.64. The summed E-state index contributed by atoms with van der Waals surface area (Å²) < 4.78 is 21.3. The van der Waals surface area contributed by atoms with Crippen LogP contribution in [0.3, 0.4) is 0 Å². The molecule has 1 unspecified atom stereocenters. The van der Waals surface area contributed by atoms with Crippen molar-refractivity contribution in [3.63, 3.8) is 0 Å². The fourth-order valence-electron chi connectivity index (χ4n) is 4.20. The van der Waals surface area contributed by atoms with Crippen LogP contribution in [-0.2, 0) is 19.7 Å². The molecule has 3 aliphatic rings. The number of nitrogens with zero attached hydrogens (tertiary/aromatic N) is 2. The molecule has 2 spiro atoms. The van der Waals surface area contributed by atoms with E-state index in [2.05, 4.69) is 21.0 Å². The minimum absolute atomic E-state index is 0.113. The number of carboxylic acid groups (broad SMARTS) is 1. The van der Waals surface area contributed by atoms with E-state index in [-0.39, 0.29) is 12.6 Å². The third-order valence-corrected chi connectivity index (χ3v) is 5.90. The lowest BCUT2D eigenvalue weighted by Gasteiger charge is -2.53. The highest BCUT2D eigenvalue weighted by Gasteiger charge is 2.64. The van der Waals surface area contributed by atoms with Crippen molar-refractivity contribution in [1.29, 1.82) is 0 Å². The Hall–Kier alpha value is -4.10. The van der Waals surface area contributed by atoms with Crippen LogP contribution in [0.4, 0.5) is 9.59 Å². The standard InChI is InChI=1S/C22H17N3O7/c1-2-13-5-15(8-23-7-13)14-3-4-17-16(6-14)22(21(11-30-17)9-29-10-21)12-31-18(25-22)24-19(26)32-20(27)28/h1,3-8H,9-12H2,(H,27,28)(H,24,25,26). The highest BCUT2D eigenvalue weighted by molar-refractivity contribution is 5.94. The maximum absolute atomic E-state index is 11.7. The molecule has 0 saturated carbocycles. The van der Waals surface area contributed by atoms with Gasteiger partial charge in [-0.25, -0.2) is 19.9 Å². The zero-order chi connectivity index (χ0) is 22.3. The number of amidine groups is 1. The normalized spacial score (nSPS) is 21.9. The smallest absolute Gasteiger partial charge is 0.492 e. The van der Waals surface area contributed by atoms with Gasteiger partial charge in [0.05, 0.1) is 18.6 Å². The van der Waals surface area contributed by atoms with Gasteiger partial charge in [-0.2, -0.15) is 0 Å². The Labute approximate surface area is 182 Å². The number of carbonyl (C=O) groups is 2. The van der Waals surface area contributed by atoms with Crippen molar-refractivity contribution in [2.45, 2.75) is 5.54 Å². The van der Waals surface area contributed by atoms with Crippen molar-refractivity contribution in [3.8, 4) is 29.2 Å². The van der Waals surface area contributed by atoms with Crippen LogP contribution in [0.15, 0.2) is 41.7 Å². The van der Waals surface area contributed by atoms with Gasteiger partial charge in [0.2, 0.25) is 0 Å². The lowest BCUT2D eigenvalue weighted by molar-refractivity contribution is -0.184. The number of amides is 1. The monoisotopic (exact) mass is 435 g/mol. The summed E-state index contributed by atoms with van der Waals surface area (Å²) in [5.41, 5.74) is 1.69. The number of rotatable bonds is 1. The van der Waals surface area contributed by atoms with Crippen molar-refractivity contribution in [2.24, 2.45) is 10.4 Å². The number of alkyl carbamates (subject to hydrolysis) is 1. The van der Waals surface area contributed by atoms with Crippen LogP contribution in [0, 0.1) is 17.8 Å². The van der Waals surface area contributed by atoms with Gasteiger partial charge in [-0.15, -0.1) is 6.42 Å². The Morgan fingerprint density at radius 3 is 2.69 bits per heavy atom. The number of carbonyl (C=O) groups excluding carboxylic acids is 1. The van der Waals surface area contributed by atoms with E-state index in [0.29, 0.717) is 31.1 Å². The number of terminal acetylenes is 1. The number of benzene rings is 1. The summed E-state index contributed by atoms with van der Waals surface area (Å²) in [6, 6.07) is 7.42. The number of pyridine rings is 1. The summed E-state index contributed by atoms with van der Waals surface area (Å²) >= 11 is 0. The molecule has 10 nitrogen and oxygen atoms in total. The van der Waals surface area contributed by atoms with E-state index in [1.54, 1.807) is 12.4 Å². The van der Waals surface area contributed by atoms with Crippen LogP contribution in [0.5, 0.6) is 5.75 Å². The number of aromatic nitrogens is 1. The predicted octanol–water partition coefficient (Wildman–Crippen LogP) is 2.12. The number of fused-ring (bicyclic) bond motifs is 3. The second kappa shape index (κ2) is 7.25. The minimum Gasteiger partial charge on any atom is -0.492 e. The predicted molar refractivity (Wildman–Crippen MR) is 109 cm³/mol. The molecule has 3 aliphatic heterocycles. The average Bonchev–Trinajstić information content (AvgIpc) is 3.16. The number of aliphatic imine (C=N–C) groups is 1. The number of nitrogens with one attached hydrogen (secondary N) is 1. The first-order valence-corrected chi connectivity index (χ1v) is 9.66. The molecule has 1 fully saturated rings. The van der Waals surface area contributed by atoms with E-state index < -0.39 is 23.2 Å². The van der Waals surface area contributed by atoms with Gasteiger partial charge in [-0.05, 0) is 23.8 Å². The van der Waals surface area contributed by atoms with Gasteiger partial charge in [0, 0.05) is 29.1 Å². The van der Waals surface area contributed by atoms with Gasteiger partial charge >= 0.3 is 12.2 Å². The number of ether oxygens (including phenoxy) is 4. The first kappa shape index (κ1) is 19.8. The fraction of sp³-hybridized carbons (Fsp3) is 0.273. The molecule has 2 N–H and O–H groups in total. The molecule has 0 aliphatic carbocycles. The maximum Gasteiger partial charge on any atom is 0.514 e. The molecule has 10 heteroatoms. The molecule has 5 rings (SSSR count). The Kier molecular flexibility index (Phi) is 4.49. The number of hydrogen-bond donors (Lipinski definition) is 2. The van der Waals surface area contributed by atoms with Gasteiger partial charge in [-0.1, -0.05) is 12.0 Å². The van der Waals surface area contributed by atoms with Gasteiger partial charge in [0.1, 0.15) is 24.5 Å². The van der Waals surface area contributed by atoms with Crippen molar-refractivity contribution in [1.82, 2.24) is 10.3 Å². The summed E-state index contributed by atoms with van der Waals surface area (Å²) in [5, 5.41) is 10.9. The lowest BCUT2D eigenvalue weighted by Crippen LogP contribution is -2.63. The zero-order valence-corrected chi connectivity index (χ0v) is 16.7. The molecule has 162 valence electrons. The van der Waals surface area contributed by atoms with E-state index in [4.69, 9.17) is 30.7 Å². The quantitative estimate of drug-likeness (QED) is 0.396. The third kappa shape index (κ3) is 3.02. The molecule has 1 amide bonds. The molecule has 1 aromatic heterocycles. The highest BCUT2D eigenvalue weighted by Crippen LogP contribution is 2.56. The van der Waals surface area contributed by atoms with Crippen molar-refractivity contribution >= 4 is 18.3 Å². The van der Waals surface area contributed by atoms with Gasteiger partial charge in [0.25, 0.3) is 6.02 Å². The Bertz CT molecular complexity index is 1200. The first-order valence-electron chi connectivity index (χ1n) is 9.66. The van der Waals surface area contributed by atoms with Crippen LogP contribution in [-0.4, -0.2) is 54.8 Å². The zero-order valence-electron chi connectivity index (χ0n) is 16.7. The highest BCUT2D eigenvalue weighted by atomic mass is 16.7. The molecule has 1 aromatic carbocycles. The van der Waals surface area contributed by atoms with Crippen molar-refractivity contribution in [2.75, 3.05) is 26.4 Å². The van der Waals surface area contributed by atoms with Gasteiger partial charge in [-0.3, -0.25) is 4.98 Å². The summed E-state index contributed by atoms with van der Waals surface area (Å²) in [4.78, 5) is 31.2. The van der Waals surface area contributed by atoms with Crippen molar-refractivity contribution in [3.05, 3.63) is 47.8 Å². The van der Waals surface area contributed by atoms with E-state index in [0.717, 1.165) is 16.7 Å². The van der Waals surface area contributed by atoms with Crippen LogP contribution >= 0.6 is 0 Å². The first-order chi connectivity index (χ1) is 15.4. The second-order valence-corrected chi connectivity index (χ2v) is 7.73. The summed E-state index contributed by atoms with van der Waals surface area (Å²) in [5.74, 6) is 3.21. The largest absolute Gasteiger partial charge is 0.514 e. The minimum atomic E-state index is -1.73. The molecular weight excluding hydrogens is 418 g/mol. The van der Waals surface area contributed by atoms with Gasteiger partial charge in [0.15, 0.2) is 0 Å². The topological polar surface area (TPSA) is 129 Å². The Balaban J connectivity index is 1.58. The summed E-state index contributed by atoms with van der Waals surface area (Å²) in [7, 11) is 0. The summed E-state index contributed by atoms with van der Waals surface area (Å²) in [6.45, 7) is 1.25. The molecule has 2 aromatic rings. The summed E-state index contributed by atoms with van der Waals surface area (Å²) in [6.07, 6.45) is 5.89. The van der Waals surface area contributed by atoms with E-state index in [1.165, 1.54) is 0 Å². The van der Waals surface area contributed by atoms with Crippen molar-refractivity contribution < 1.29 is 33.6 Å². The molecule has 0 bridgehead atoms. The van der Waals surface area contributed by atoms with Gasteiger partial charge < -0.3 is 24.1 Å². The second-order valence-electron chi connectivity index (χ2n) is 7.73. The van der Waals surface area contributed by atoms with Crippen LogP contribution < -0.4 is 10.1 Å². The molecule has 32 heavy (non-hydrogen) atoms. The van der Waals surface area contributed by atoms with E-state index >= 15 is 0 Å². The molecule has 1 atom stereocenters. The maximum atomic E-state index is 11.7. The van der Waals surface area contributed by atoms with Crippen LogP contribution in [0.1, 0.15) is 11.1 Å². The Morgan fingerprint density at radius 1 is 1.12 bits per heavy atom.